The van der Waals surface area contributed by atoms with Crippen molar-refractivity contribution in [2.45, 2.75) is 18.9 Å². The number of halogens is 1. The van der Waals surface area contributed by atoms with E-state index in [9.17, 15) is 4.79 Å². The number of aromatic nitrogens is 2. The first kappa shape index (κ1) is 18.6. The van der Waals surface area contributed by atoms with Crippen molar-refractivity contribution >= 4 is 39.3 Å². The van der Waals surface area contributed by atoms with Crippen LogP contribution in [0.25, 0.3) is 11.3 Å². The van der Waals surface area contributed by atoms with Crippen molar-refractivity contribution < 1.29 is 4.79 Å². The van der Waals surface area contributed by atoms with E-state index in [4.69, 9.17) is 0 Å². The van der Waals surface area contributed by atoms with Crippen LogP contribution in [-0.2, 0) is 4.79 Å². The molecule has 3 aromatic rings. The van der Waals surface area contributed by atoms with Crippen LogP contribution >= 0.6 is 27.7 Å². The third kappa shape index (κ3) is 4.93. The molecule has 0 saturated carbocycles. The molecule has 1 amide bonds. The van der Waals surface area contributed by atoms with Gasteiger partial charge in [-0.15, -0.1) is 10.2 Å². The molecule has 1 N–H and O–H groups in total. The lowest BCUT2D eigenvalue weighted by Gasteiger charge is -2.07. The summed E-state index contributed by atoms with van der Waals surface area (Å²) in [5.41, 5.74) is 5.09. The molecule has 0 aliphatic heterocycles. The Morgan fingerprint density at radius 3 is 2.46 bits per heavy atom. The van der Waals surface area contributed by atoms with Gasteiger partial charge in [-0.1, -0.05) is 51.5 Å². The van der Waals surface area contributed by atoms with Gasteiger partial charge in [-0.3, -0.25) is 4.79 Å². The summed E-state index contributed by atoms with van der Waals surface area (Å²) in [6.45, 7) is 4.14. The van der Waals surface area contributed by atoms with E-state index in [1.54, 1.807) is 0 Å². The van der Waals surface area contributed by atoms with Gasteiger partial charge in [0.15, 0.2) is 0 Å². The Balaban J connectivity index is 1.59. The second-order valence-electron chi connectivity index (χ2n) is 5.92. The molecule has 1 heterocycles. The zero-order chi connectivity index (χ0) is 18.5. The monoisotopic (exact) mass is 427 g/mol. The van der Waals surface area contributed by atoms with E-state index in [1.165, 1.54) is 22.9 Å². The second-order valence-corrected chi connectivity index (χ2v) is 7.83. The summed E-state index contributed by atoms with van der Waals surface area (Å²) in [5.74, 6) is 0.214. The molecule has 0 bridgehead atoms. The van der Waals surface area contributed by atoms with Gasteiger partial charge in [0.05, 0.1) is 11.4 Å². The van der Waals surface area contributed by atoms with Gasteiger partial charge in [0.1, 0.15) is 5.03 Å². The van der Waals surface area contributed by atoms with E-state index in [0.29, 0.717) is 0 Å². The van der Waals surface area contributed by atoms with Gasteiger partial charge in [-0.25, -0.2) is 0 Å². The minimum atomic E-state index is -0.0717. The Labute approximate surface area is 165 Å². The van der Waals surface area contributed by atoms with Crippen molar-refractivity contribution in [1.29, 1.82) is 0 Å². The molecule has 0 aliphatic carbocycles. The molecule has 26 heavy (non-hydrogen) atoms. The van der Waals surface area contributed by atoms with Crippen LogP contribution in [0.15, 0.2) is 64.1 Å². The number of thioether (sulfide) groups is 1. The van der Waals surface area contributed by atoms with Crippen molar-refractivity contribution in [3.05, 3.63) is 70.2 Å². The lowest BCUT2D eigenvalue weighted by molar-refractivity contribution is -0.113. The van der Waals surface area contributed by atoms with Crippen LogP contribution in [0, 0.1) is 13.8 Å². The lowest BCUT2D eigenvalue weighted by Crippen LogP contribution is -2.14. The predicted octanol–water partition coefficient (Wildman–Crippen LogP) is 5.25. The number of rotatable bonds is 5. The van der Waals surface area contributed by atoms with Crippen LogP contribution in [0.5, 0.6) is 0 Å². The molecule has 0 atom stereocenters. The zero-order valence-corrected chi connectivity index (χ0v) is 16.9. The maximum Gasteiger partial charge on any atom is 0.234 e. The number of carbonyl (C=O) groups excluding carboxylic acids is 1. The van der Waals surface area contributed by atoms with Gasteiger partial charge in [0.25, 0.3) is 0 Å². The van der Waals surface area contributed by atoms with E-state index >= 15 is 0 Å². The summed E-state index contributed by atoms with van der Waals surface area (Å²) in [5, 5.41) is 12.1. The number of benzene rings is 2. The summed E-state index contributed by atoms with van der Waals surface area (Å²) < 4.78 is 0.976. The number of nitrogens with zero attached hydrogens (tertiary/aromatic N) is 2. The van der Waals surface area contributed by atoms with Crippen LogP contribution in [0.1, 0.15) is 11.1 Å². The van der Waals surface area contributed by atoms with Crippen molar-refractivity contribution in [2.75, 3.05) is 11.1 Å². The Morgan fingerprint density at radius 2 is 1.81 bits per heavy atom. The summed E-state index contributed by atoms with van der Waals surface area (Å²) in [6, 6.07) is 17.6. The SMILES string of the molecule is Cc1ccc(-c2ccc(SCC(=O)Nc3ccc(Br)cc3)nn2)c(C)c1. The first-order valence-corrected chi connectivity index (χ1v) is 9.89. The number of carbonyl (C=O) groups is 1. The van der Waals surface area contributed by atoms with Crippen LogP contribution in [0.4, 0.5) is 5.69 Å². The maximum atomic E-state index is 12.0. The predicted molar refractivity (Wildman–Crippen MR) is 110 cm³/mol. The van der Waals surface area contributed by atoms with Crippen molar-refractivity contribution in [3.63, 3.8) is 0 Å². The normalized spacial score (nSPS) is 10.6. The molecule has 3 rings (SSSR count). The quantitative estimate of drug-likeness (QED) is 0.564. The summed E-state index contributed by atoms with van der Waals surface area (Å²) >= 11 is 4.74. The highest BCUT2D eigenvalue weighted by Gasteiger charge is 2.07. The summed E-state index contributed by atoms with van der Waals surface area (Å²) in [7, 11) is 0. The lowest BCUT2D eigenvalue weighted by atomic mass is 10.0. The highest BCUT2D eigenvalue weighted by atomic mass is 79.9. The third-order valence-electron chi connectivity index (χ3n) is 3.78. The Bertz CT molecular complexity index is 911. The average molecular weight is 428 g/mol. The summed E-state index contributed by atoms with van der Waals surface area (Å²) in [4.78, 5) is 12.0. The van der Waals surface area contributed by atoms with Crippen LogP contribution in [0.2, 0.25) is 0 Å². The molecule has 0 saturated heterocycles. The van der Waals surface area contributed by atoms with Crippen LogP contribution < -0.4 is 5.32 Å². The molecule has 132 valence electrons. The second kappa shape index (κ2) is 8.47. The van der Waals surface area contributed by atoms with Gasteiger partial charge < -0.3 is 5.32 Å². The fourth-order valence-electron chi connectivity index (χ4n) is 2.51. The Kier molecular flexibility index (Phi) is 6.06. The number of hydrogen-bond acceptors (Lipinski definition) is 4. The van der Waals surface area contributed by atoms with Gasteiger partial charge >= 0.3 is 0 Å². The molecule has 0 unspecified atom stereocenters. The minimum Gasteiger partial charge on any atom is -0.325 e. The van der Waals surface area contributed by atoms with E-state index in [2.05, 4.69) is 63.5 Å². The average Bonchev–Trinajstić information content (AvgIpc) is 2.63. The molecule has 0 aliphatic rings. The molecule has 0 spiro atoms. The molecule has 4 nitrogen and oxygen atoms in total. The van der Waals surface area contributed by atoms with Crippen molar-refractivity contribution in [3.8, 4) is 11.3 Å². The Hall–Kier alpha value is -2.18. The van der Waals surface area contributed by atoms with Crippen LogP contribution in [-0.4, -0.2) is 21.9 Å². The maximum absolute atomic E-state index is 12.0. The van der Waals surface area contributed by atoms with E-state index < -0.39 is 0 Å². The molecule has 1 aromatic heterocycles. The molecule has 2 aromatic carbocycles. The smallest absolute Gasteiger partial charge is 0.234 e. The van der Waals surface area contributed by atoms with Crippen molar-refractivity contribution in [2.24, 2.45) is 0 Å². The van der Waals surface area contributed by atoms with Crippen LogP contribution in [0.3, 0.4) is 0 Å². The highest BCUT2D eigenvalue weighted by molar-refractivity contribution is 9.10. The van der Waals surface area contributed by atoms with Gasteiger partial charge in [-0.05, 0) is 55.8 Å². The molecular weight excluding hydrogens is 410 g/mol. The molecule has 0 radical (unpaired) electrons. The topological polar surface area (TPSA) is 54.9 Å². The number of nitrogens with one attached hydrogen (secondary N) is 1. The Morgan fingerprint density at radius 1 is 1.04 bits per heavy atom. The fourth-order valence-corrected chi connectivity index (χ4v) is 3.39. The first-order chi connectivity index (χ1) is 12.5. The van der Waals surface area contributed by atoms with E-state index in [-0.39, 0.29) is 11.7 Å². The largest absolute Gasteiger partial charge is 0.325 e. The molecule has 0 fully saturated rings. The minimum absolute atomic E-state index is 0.0717. The molecular formula is C20H18BrN3OS. The number of aryl methyl sites for hydroxylation is 2. The van der Waals surface area contributed by atoms with E-state index in [1.807, 2.05) is 36.4 Å². The fraction of sp³-hybridized carbons (Fsp3) is 0.150. The summed E-state index contributed by atoms with van der Waals surface area (Å²) in [6.07, 6.45) is 0. The number of amides is 1. The van der Waals surface area contributed by atoms with E-state index in [0.717, 1.165) is 26.4 Å². The van der Waals surface area contributed by atoms with Gasteiger partial charge in [0, 0.05) is 15.7 Å². The third-order valence-corrected chi connectivity index (χ3v) is 5.23. The van der Waals surface area contributed by atoms with Gasteiger partial charge in [-0.2, -0.15) is 0 Å². The number of anilines is 1. The van der Waals surface area contributed by atoms with Gasteiger partial charge in [0.2, 0.25) is 5.91 Å². The zero-order valence-electron chi connectivity index (χ0n) is 14.5. The standard InChI is InChI=1S/C20H18BrN3OS/c1-13-3-8-17(14(2)11-13)18-9-10-20(24-23-18)26-12-19(25)22-16-6-4-15(21)5-7-16/h3-11H,12H2,1-2H3,(H,22,25). The first-order valence-electron chi connectivity index (χ1n) is 8.11. The highest BCUT2D eigenvalue weighted by Crippen LogP contribution is 2.24. The number of hydrogen-bond donors (Lipinski definition) is 1. The molecule has 6 heteroatoms. The van der Waals surface area contributed by atoms with Crippen molar-refractivity contribution in [1.82, 2.24) is 10.2 Å².